The quantitative estimate of drug-likeness (QED) is 0.702. The summed E-state index contributed by atoms with van der Waals surface area (Å²) in [6.45, 7) is 13.2. The summed E-state index contributed by atoms with van der Waals surface area (Å²) in [6, 6.07) is 0.367. The molecule has 0 aromatic rings. The van der Waals surface area contributed by atoms with E-state index in [-0.39, 0.29) is 5.91 Å². The Balaban J connectivity index is 4.66. The Kier molecular flexibility index (Phi) is 6.65. The Bertz CT molecular complexity index is 216. The zero-order valence-electron chi connectivity index (χ0n) is 11.7. The smallest absolute Gasteiger partial charge is 0.240 e. The van der Waals surface area contributed by atoms with E-state index in [2.05, 4.69) is 38.3 Å². The maximum Gasteiger partial charge on any atom is 0.240 e. The van der Waals surface area contributed by atoms with E-state index in [0.717, 1.165) is 12.8 Å². The van der Waals surface area contributed by atoms with Gasteiger partial charge in [0.05, 0.1) is 5.54 Å². The van der Waals surface area contributed by atoms with Crippen molar-refractivity contribution in [3.63, 3.8) is 0 Å². The summed E-state index contributed by atoms with van der Waals surface area (Å²) in [5, 5.41) is 6.37. The molecule has 0 aromatic carbocycles. The Labute approximate surface area is 100 Å². The number of likely N-dealkylation sites (N-methyl/N-ethyl adjacent to an activating group) is 1. The molecule has 0 aliphatic rings. The van der Waals surface area contributed by atoms with Gasteiger partial charge in [0.15, 0.2) is 0 Å². The SMILES string of the molecule is CCNC(=O)C(C)(CC(C)C)NC(C)CC. The molecular weight excluding hydrogens is 200 g/mol. The molecule has 0 heterocycles. The van der Waals surface area contributed by atoms with E-state index in [1.165, 1.54) is 0 Å². The van der Waals surface area contributed by atoms with Crippen LogP contribution in [0.25, 0.3) is 0 Å². The Morgan fingerprint density at radius 1 is 1.25 bits per heavy atom. The fourth-order valence-corrected chi connectivity index (χ4v) is 2.04. The van der Waals surface area contributed by atoms with Crippen LogP contribution in [0.4, 0.5) is 0 Å². The van der Waals surface area contributed by atoms with Crippen molar-refractivity contribution in [2.45, 2.75) is 66.0 Å². The van der Waals surface area contributed by atoms with Crippen LogP contribution in [-0.4, -0.2) is 24.0 Å². The first-order valence-corrected chi connectivity index (χ1v) is 6.41. The zero-order valence-corrected chi connectivity index (χ0v) is 11.7. The fourth-order valence-electron chi connectivity index (χ4n) is 2.04. The van der Waals surface area contributed by atoms with Gasteiger partial charge in [-0.1, -0.05) is 20.8 Å². The summed E-state index contributed by atoms with van der Waals surface area (Å²) in [4.78, 5) is 12.1. The number of amides is 1. The van der Waals surface area contributed by atoms with Crippen LogP contribution in [0.1, 0.15) is 54.4 Å². The normalized spacial score (nSPS) is 16.9. The maximum atomic E-state index is 12.1. The average molecular weight is 228 g/mol. The number of carbonyl (C=O) groups is 1. The molecule has 0 radical (unpaired) electrons. The lowest BCUT2D eigenvalue weighted by Crippen LogP contribution is -2.58. The molecule has 1 amide bonds. The van der Waals surface area contributed by atoms with Crippen molar-refractivity contribution in [1.29, 1.82) is 0 Å². The van der Waals surface area contributed by atoms with Crippen molar-refractivity contribution in [3.8, 4) is 0 Å². The molecule has 0 aromatic heterocycles. The molecule has 16 heavy (non-hydrogen) atoms. The third-order valence-corrected chi connectivity index (χ3v) is 2.83. The van der Waals surface area contributed by atoms with Crippen LogP contribution < -0.4 is 10.6 Å². The summed E-state index contributed by atoms with van der Waals surface area (Å²) >= 11 is 0. The van der Waals surface area contributed by atoms with E-state index < -0.39 is 5.54 Å². The topological polar surface area (TPSA) is 41.1 Å². The summed E-state index contributed by atoms with van der Waals surface area (Å²) in [6.07, 6.45) is 1.90. The minimum atomic E-state index is -0.445. The fraction of sp³-hybridized carbons (Fsp3) is 0.923. The average Bonchev–Trinajstić information content (AvgIpc) is 2.16. The predicted molar refractivity (Wildman–Crippen MR) is 69.4 cm³/mol. The second-order valence-corrected chi connectivity index (χ2v) is 5.24. The largest absolute Gasteiger partial charge is 0.355 e. The van der Waals surface area contributed by atoms with Gasteiger partial charge in [-0.05, 0) is 39.5 Å². The third-order valence-electron chi connectivity index (χ3n) is 2.83. The van der Waals surface area contributed by atoms with Crippen molar-refractivity contribution in [2.24, 2.45) is 5.92 Å². The first-order chi connectivity index (χ1) is 7.35. The highest BCUT2D eigenvalue weighted by molar-refractivity contribution is 5.85. The highest BCUT2D eigenvalue weighted by Gasteiger charge is 2.34. The van der Waals surface area contributed by atoms with Gasteiger partial charge in [-0.3, -0.25) is 4.79 Å². The van der Waals surface area contributed by atoms with Crippen molar-refractivity contribution < 1.29 is 4.79 Å². The van der Waals surface area contributed by atoms with Crippen LogP contribution in [0.5, 0.6) is 0 Å². The first kappa shape index (κ1) is 15.4. The predicted octanol–water partition coefficient (Wildman–Crippen LogP) is 2.32. The van der Waals surface area contributed by atoms with E-state index in [4.69, 9.17) is 0 Å². The Morgan fingerprint density at radius 2 is 1.81 bits per heavy atom. The second-order valence-electron chi connectivity index (χ2n) is 5.24. The summed E-state index contributed by atoms with van der Waals surface area (Å²) in [7, 11) is 0. The molecule has 2 unspecified atom stereocenters. The van der Waals surface area contributed by atoms with Crippen LogP contribution in [0.15, 0.2) is 0 Å². The van der Waals surface area contributed by atoms with Gasteiger partial charge >= 0.3 is 0 Å². The summed E-state index contributed by atoms with van der Waals surface area (Å²) < 4.78 is 0. The van der Waals surface area contributed by atoms with E-state index >= 15 is 0 Å². The van der Waals surface area contributed by atoms with Gasteiger partial charge in [-0.25, -0.2) is 0 Å². The summed E-state index contributed by atoms with van der Waals surface area (Å²) in [5.74, 6) is 0.619. The van der Waals surface area contributed by atoms with E-state index in [0.29, 0.717) is 18.5 Å². The van der Waals surface area contributed by atoms with E-state index in [1.54, 1.807) is 0 Å². The number of rotatable bonds is 7. The van der Waals surface area contributed by atoms with E-state index in [1.807, 2.05) is 13.8 Å². The molecule has 0 spiro atoms. The number of hydrogen-bond acceptors (Lipinski definition) is 2. The van der Waals surface area contributed by atoms with Gasteiger partial charge in [0.1, 0.15) is 0 Å². The highest BCUT2D eigenvalue weighted by atomic mass is 16.2. The third kappa shape index (κ3) is 4.97. The molecule has 96 valence electrons. The van der Waals surface area contributed by atoms with Gasteiger partial charge in [0.25, 0.3) is 0 Å². The van der Waals surface area contributed by atoms with Gasteiger partial charge in [0, 0.05) is 12.6 Å². The lowest BCUT2D eigenvalue weighted by atomic mass is 9.88. The van der Waals surface area contributed by atoms with Crippen LogP contribution in [0.2, 0.25) is 0 Å². The molecule has 2 atom stereocenters. The molecule has 0 rings (SSSR count). The van der Waals surface area contributed by atoms with Crippen molar-refractivity contribution >= 4 is 5.91 Å². The highest BCUT2D eigenvalue weighted by Crippen LogP contribution is 2.18. The van der Waals surface area contributed by atoms with Crippen molar-refractivity contribution in [2.75, 3.05) is 6.54 Å². The summed E-state index contributed by atoms with van der Waals surface area (Å²) in [5.41, 5.74) is -0.445. The molecule has 0 aliphatic heterocycles. The number of hydrogen-bond donors (Lipinski definition) is 2. The van der Waals surface area contributed by atoms with Gasteiger partial charge in [-0.2, -0.15) is 0 Å². The molecule has 0 saturated carbocycles. The first-order valence-electron chi connectivity index (χ1n) is 6.41. The molecule has 0 aliphatic carbocycles. The lowest BCUT2D eigenvalue weighted by molar-refractivity contribution is -0.128. The number of carbonyl (C=O) groups excluding carboxylic acids is 1. The molecule has 0 saturated heterocycles. The van der Waals surface area contributed by atoms with Gasteiger partial charge in [-0.15, -0.1) is 0 Å². The monoisotopic (exact) mass is 228 g/mol. The van der Waals surface area contributed by atoms with E-state index in [9.17, 15) is 4.79 Å². The van der Waals surface area contributed by atoms with Crippen LogP contribution in [-0.2, 0) is 4.79 Å². The second kappa shape index (κ2) is 6.89. The number of nitrogens with one attached hydrogen (secondary N) is 2. The maximum absolute atomic E-state index is 12.1. The molecular formula is C13H28N2O. The van der Waals surface area contributed by atoms with Crippen LogP contribution in [0.3, 0.4) is 0 Å². The minimum Gasteiger partial charge on any atom is -0.355 e. The molecule has 2 N–H and O–H groups in total. The van der Waals surface area contributed by atoms with Crippen LogP contribution >= 0.6 is 0 Å². The molecule has 3 heteroatoms. The molecule has 0 fully saturated rings. The zero-order chi connectivity index (χ0) is 12.8. The standard InChI is InChI=1S/C13H28N2O/c1-7-11(5)15-13(6,9-10(3)4)12(16)14-8-2/h10-11,15H,7-9H2,1-6H3,(H,14,16). The molecule has 3 nitrogen and oxygen atoms in total. The van der Waals surface area contributed by atoms with Gasteiger partial charge < -0.3 is 10.6 Å². The van der Waals surface area contributed by atoms with Crippen molar-refractivity contribution in [1.82, 2.24) is 10.6 Å². The Morgan fingerprint density at radius 3 is 2.19 bits per heavy atom. The van der Waals surface area contributed by atoms with Crippen molar-refractivity contribution in [3.05, 3.63) is 0 Å². The molecule has 0 bridgehead atoms. The van der Waals surface area contributed by atoms with Crippen LogP contribution in [0, 0.1) is 5.92 Å². The lowest BCUT2D eigenvalue weighted by Gasteiger charge is -2.34. The Hall–Kier alpha value is -0.570. The van der Waals surface area contributed by atoms with Gasteiger partial charge in [0.2, 0.25) is 5.91 Å². The minimum absolute atomic E-state index is 0.115.